The van der Waals surface area contributed by atoms with Crippen molar-refractivity contribution < 1.29 is 8.42 Å². The molecular weight excluding hydrogens is 298 g/mol. The molecule has 0 heterocycles. The van der Waals surface area contributed by atoms with Crippen LogP contribution in [0.5, 0.6) is 0 Å². The van der Waals surface area contributed by atoms with E-state index >= 15 is 0 Å². The minimum Gasteiger partial charge on any atom is -0.353 e. The van der Waals surface area contributed by atoms with Gasteiger partial charge in [0.1, 0.15) is 4.90 Å². The van der Waals surface area contributed by atoms with E-state index in [2.05, 4.69) is 15.0 Å². The van der Waals surface area contributed by atoms with Crippen LogP contribution in [0.2, 0.25) is 5.02 Å². The molecule has 20 heavy (non-hydrogen) atoms. The predicted octanol–water partition coefficient (Wildman–Crippen LogP) is 2.38. The lowest BCUT2D eigenvalue weighted by atomic mass is 10.4. The van der Waals surface area contributed by atoms with E-state index in [1.54, 1.807) is 12.1 Å². The molecule has 5 nitrogen and oxygen atoms in total. The molecule has 0 aromatic heterocycles. The maximum absolute atomic E-state index is 12.3. The molecule has 0 unspecified atom stereocenters. The standard InChI is InChI=1S/C13H20ClN3O2S/c1-9(2)15-13(16-10(3)4)17-20(18,19)12-8-6-5-7-11(12)14/h5-10H,1-4H3,(H2,15,16,17). The van der Waals surface area contributed by atoms with Gasteiger partial charge in [-0.05, 0) is 39.8 Å². The second kappa shape index (κ2) is 6.95. The molecule has 0 aliphatic carbocycles. The lowest BCUT2D eigenvalue weighted by Gasteiger charge is -2.16. The number of nitrogens with zero attached hydrogens (tertiary/aromatic N) is 1. The maximum Gasteiger partial charge on any atom is 0.265 e. The number of halogens is 1. The summed E-state index contributed by atoms with van der Waals surface area (Å²) in [5.74, 6) is 0.218. The van der Waals surface area contributed by atoms with Crippen LogP contribution in [-0.4, -0.2) is 26.5 Å². The second-order valence-corrected chi connectivity index (χ2v) is 6.96. The third-order valence-corrected chi connectivity index (χ3v) is 4.01. The number of sulfonamides is 1. The normalized spacial score (nSPS) is 12.8. The van der Waals surface area contributed by atoms with Crippen LogP contribution in [0.25, 0.3) is 0 Å². The van der Waals surface area contributed by atoms with Gasteiger partial charge in [0.15, 0.2) is 0 Å². The van der Waals surface area contributed by atoms with Crippen LogP contribution in [-0.2, 0) is 10.0 Å². The summed E-state index contributed by atoms with van der Waals surface area (Å²) in [6.07, 6.45) is 0. The van der Waals surface area contributed by atoms with Crippen molar-refractivity contribution in [2.45, 2.75) is 44.7 Å². The molecule has 1 rings (SSSR count). The lowest BCUT2D eigenvalue weighted by Crippen LogP contribution is -2.44. The van der Waals surface area contributed by atoms with Gasteiger partial charge in [0.25, 0.3) is 10.0 Å². The Morgan fingerprint density at radius 2 is 1.80 bits per heavy atom. The van der Waals surface area contributed by atoms with Gasteiger partial charge in [-0.15, -0.1) is 0 Å². The largest absolute Gasteiger partial charge is 0.353 e. The van der Waals surface area contributed by atoms with E-state index in [1.807, 2.05) is 27.7 Å². The summed E-state index contributed by atoms with van der Waals surface area (Å²) >= 11 is 5.92. The summed E-state index contributed by atoms with van der Waals surface area (Å²) in [5, 5.41) is 3.15. The number of hydrogen-bond donors (Lipinski definition) is 2. The first-order valence-corrected chi connectivity index (χ1v) is 8.20. The van der Waals surface area contributed by atoms with Gasteiger partial charge in [-0.25, -0.2) is 18.1 Å². The van der Waals surface area contributed by atoms with Gasteiger partial charge in [0.05, 0.1) is 5.02 Å². The summed E-state index contributed by atoms with van der Waals surface area (Å²) in [5.41, 5.74) is 0. The van der Waals surface area contributed by atoms with Crippen molar-refractivity contribution in [3.05, 3.63) is 29.3 Å². The van der Waals surface area contributed by atoms with Crippen LogP contribution in [0, 0.1) is 0 Å². The summed E-state index contributed by atoms with van der Waals surface area (Å²) in [7, 11) is -3.76. The molecule has 1 aromatic rings. The van der Waals surface area contributed by atoms with Crippen LogP contribution in [0.4, 0.5) is 0 Å². The average Bonchev–Trinajstić information content (AvgIpc) is 2.26. The van der Waals surface area contributed by atoms with Crippen LogP contribution >= 0.6 is 11.6 Å². The van der Waals surface area contributed by atoms with Gasteiger partial charge in [-0.1, -0.05) is 23.7 Å². The Morgan fingerprint density at radius 1 is 1.20 bits per heavy atom. The molecule has 0 bridgehead atoms. The molecule has 0 atom stereocenters. The molecule has 0 saturated carbocycles. The summed E-state index contributed by atoms with van der Waals surface area (Å²) in [6, 6.07) is 6.30. The molecule has 0 spiro atoms. The van der Waals surface area contributed by atoms with Crippen molar-refractivity contribution in [1.82, 2.24) is 10.0 Å². The summed E-state index contributed by atoms with van der Waals surface area (Å²) in [4.78, 5) is 4.26. The first-order chi connectivity index (χ1) is 9.22. The van der Waals surface area contributed by atoms with Gasteiger partial charge < -0.3 is 5.32 Å². The van der Waals surface area contributed by atoms with Crippen LogP contribution in [0.15, 0.2) is 34.2 Å². The molecule has 0 fully saturated rings. The molecule has 0 radical (unpaired) electrons. The number of guanidine groups is 1. The van der Waals surface area contributed by atoms with E-state index in [4.69, 9.17) is 11.6 Å². The molecule has 0 aliphatic rings. The van der Waals surface area contributed by atoms with Crippen molar-refractivity contribution in [1.29, 1.82) is 0 Å². The highest BCUT2D eigenvalue weighted by atomic mass is 35.5. The van der Waals surface area contributed by atoms with E-state index in [0.29, 0.717) is 0 Å². The number of hydrogen-bond acceptors (Lipinski definition) is 3. The fourth-order valence-corrected chi connectivity index (χ4v) is 2.97. The average molecular weight is 318 g/mol. The van der Waals surface area contributed by atoms with Crippen molar-refractivity contribution in [3.8, 4) is 0 Å². The SMILES string of the molecule is CC(C)N=C(NC(C)C)NS(=O)(=O)c1ccccc1Cl. The number of aliphatic imine (C=N–C) groups is 1. The first-order valence-electron chi connectivity index (χ1n) is 6.34. The Hall–Kier alpha value is -1.27. The van der Waals surface area contributed by atoms with Gasteiger partial charge in [0.2, 0.25) is 5.96 Å². The quantitative estimate of drug-likeness (QED) is 0.661. The predicted molar refractivity (Wildman–Crippen MR) is 82.6 cm³/mol. The smallest absolute Gasteiger partial charge is 0.265 e. The fraction of sp³-hybridized carbons (Fsp3) is 0.462. The highest BCUT2D eigenvalue weighted by molar-refractivity contribution is 7.90. The highest BCUT2D eigenvalue weighted by Crippen LogP contribution is 2.19. The van der Waals surface area contributed by atoms with Crippen molar-refractivity contribution in [3.63, 3.8) is 0 Å². The third-order valence-electron chi connectivity index (χ3n) is 2.17. The Morgan fingerprint density at radius 3 is 2.30 bits per heavy atom. The zero-order valence-corrected chi connectivity index (χ0v) is 13.6. The van der Waals surface area contributed by atoms with E-state index < -0.39 is 10.0 Å². The minimum absolute atomic E-state index is 0.0312. The second-order valence-electron chi connectivity index (χ2n) is 4.91. The number of nitrogens with one attached hydrogen (secondary N) is 2. The molecule has 0 saturated heterocycles. The Balaban J connectivity index is 3.07. The molecule has 1 aromatic carbocycles. The van der Waals surface area contributed by atoms with Crippen molar-refractivity contribution >= 4 is 27.6 Å². The molecule has 112 valence electrons. The Bertz CT molecular complexity index is 583. The summed E-state index contributed by atoms with van der Waals surface area (Å²) < 4.78 is 27.1. The van der Waals surface area contributed by atoms with Crippen molar-refractivity contribution in [2.75, 3.05) is 0 Å². The van der Waals surface area contributed by atoms with Crippen LogP contribution < -0.4 is 10.0 Å². The molecule has 0 amide bonds. The van der Waals surface area contributed by atoms with Gasteiger partial charge in [0, 0.05) is 12.1 Å². The van der Waals surface area contributed by atoms with Crippen LogP contribution in [0.3, 0.4) is 0 Å². The Kier molecular flexibility index (Phi) is 5.83. The van der Waals surface area contributed by atoms with E-state index in [0.717, 1.165) is 0 Å². The van der Waals surface area contributed by atoms with E-state index in [1.165, 1.54) is 12.1 Å². The lowest BCUT2D eigenvalue weighted by molar-refractivity contribution is 0.590. The molecular formula is C13H20ClN3O2S. The van der Waals surface area contributed by atoms with E-state index in [-0.39, 0.29) is 28.0 Å². The van der Waals surface area contributed by atoms with Crippen molar-refractivity contribution in [2.24, 2.45) is 4.99 Å². The monoisotopic (exact) mass is 317 g/mol. The summed E-state index contributed by atoms with van der Waals surface area (Å²) in [6.45, 7) is 7.54. The highest BCUT2D eigenvalue weighted by Gasteiger charge is 2.19. The first kappa shape index (κ1) is 16.8. The van der Waals surface area contributed by atoms with Crippen LogP contribution in [0.1, 0.15) is 27.7 Å². The minimum atomic E-state index is -3.76. The number of benzene rings is 1. The topological polar surface area (TPSA) is 70.6 Å². The molecule has 7 heteroatoms. The molecule has 0 aliphatic heterocycles. The maximum atomic E-state index is 12.3. The van der Waals surface area contributed by atoms with Gasteiger partial charge in [-0.3, -0.25) is 0 Å². The fourth-order valence-electron chi connectivity index (χ4n) is 1.47. The zero-order valence-electron chi connectivity index (χ0n) is 12.0. The van der Waals surface area contributed by atoms with E-state index in [9.17, 15) is 8.42 Å². The number of rotatable bonds is 4. The third kappa shape index (κ3) is 5.02. The molecule has 2 N–H and O–H groups in total. The van der Waals surface area contributed by atoms with Gasteiger partial charge >= 0.3 is 0 Å². The Labute approximate surface area is 125 Å². The zero-order chi connectivity index (χ0) is 15.3. The van der Waals surface area contributed by atoms with Gasteiger partial charge in [-0.2, -0.15) is 0 Å².